The summed E-state index contributed by atoms with van der Waals surface area (Å²) in [4.78, 5) is 22.8. The molecule has 0 radical (unpaired) electrons. The molecule has 0 aliphatic carbocycles. The maximum atomic E-state index is 13.8. The number of alkyl halides is 10. The van der Waals surface area contributed by atoms with Gasteiger partial charge >= 0.3 is 29.6 Å². The van der Waals surface area contributed by atoms with E-state index in [0.29, 0.717) is 0 Å². The number of carbonyl (C=O) groups excluding carboxylic acids is 2. The first-order valence-corrected chi connectivity index (χ1v) is 8.34. The van der Waals surface area contributed by atoms with Crippen molar-refractivity contribution in [3.63, 3.8) is 0 Å². The molecule has 0 spiro atoms. The van der Waals surface area contributed by atoms with Gasteiger partial charge in [-0.05, 0) is 27.7 Å². The fourth-order valence-electron chi connectivity index (χ4n) is 2.28. The molecular weight excluding hydrogens is 430 g/mol. The van der Waals surface area contributed by atoms with Crippen LogP contribution in [0.3, 0.4) is 0 Å². The third-order valence-electron chi connectivity index (χ3n) is 4.22. The second kappa shape index (κ2) is 8.54. The average Bonchev–Trinajstić information content (AvgIpc) is 2.62. The summed E-state index contributed by atoms with van der Waals surface area (Å²) in [5, 5.41) is 0. The molecule has 0 aromatic carbocycles. The van der Waals surface area contributed by atoms with E-state index in [1.807, 2.05) is 0 Å². The molecule has 2 amide bonds. The third-order valence-corrected chi connectivity index (χ3v) is 4.22. The van der Waals surface area contributed by atoms with Crippen LogP contribution in [0.25, 0.3) is 0 Å². The molecule has 0 aliphatic rings. The SMILES string of the molecule is CCN(CC)C(=O)C(F)(F)C(F)(F)C(F)(F)C(F)(F)C(F)(F)C(=O)N(CC)CC. The second-order valence-corrected chi connectivity index (χ2v) is 5.83. The molecule has 0 aliphatic heterocycles. The van der Waals surface area contributed by atoms with Crippen LogP contribution in [0.1, 0.15) is 27.7 Å². The summed E-state index contributed by atoms with van der Waals surface area (Å²) in [6.07, 6.45) is 0. The highest BCUT2D eigenvalue weighted by Crippen LogP contribution is 2.57. The zero-order chi connectivity index (χ0) is 23.6. The third kappa shape index (κ3) is 3.98. The van der Waals surface area contributed by atoms with Crippen molar-refractivity contribution in [3.8, 4) is 0 Å². The summed E-state index contributed by atoms with van der Waals surface area (Å²) < 4.78 is 138. The van der Waals surface area contributed by atoms with E-state index in [1.165, 1.54) is 0 Å². The van der Waals surface area contributed by atoms with Gasteiger partial charge in [0.1, 0.15) is 0 Å². The van der Waals surface area contributed by atoms with Crippen LogP contribution >= 0.6 is 0 Å². The number of nitrogens with zero attached hydrogens (tertiary/aromatic N) is 2. The Kier molecular flexibility index (Phi) is 8.02. The number of amides is 2. The molecule has 0 aromatic heterocycles. The molecule has 29 heavy (non-hydrogen) atoms. The Labute approximate surface area is 159 Å². The molecule has 0 rings (SSSR count). The minimum atomic E-state index is -7.47. The van der Waals surface area contributed by atoms with Gasteiger partial charge in [0.15, 0.2) is 0 Å². The fraction of sp³-hybridized carbons (Fsp3) is 0.867. The molecule has 0 N–H and O–H groups in total. The quantitative estimate of drug-likeness (QED) is 0.474. The standard InChI is InChI=1S/C15H20F10N2O2/c1-5-26(6-2)9(28)11(16,17)13(20,21)15(24,25)14(22,23)12(18,19)10(29)27(7-3)8-4/h5-8H2,1-4H3. The number of hydrogen-bond donors (Lipinski definition) is 0. The fourth-order valence-corrected chi connectivity index (χ4v) is 2.28. The number of halogens is 10. The molecule has 0 fully saturated rings. The van der Waals surface area contributed by atoms with E-state index < -0.39 is 67.6 Å². The largest absolute Gasteiger partial charge is 0.392 e. The molecule has 0 saturated carbocycles. The lowest BCUT2D eigenvalue weighted by molar-refractivity contribution is -0.389. The van der Waals surface area contributed by atoms with E-state index >= 15 is 0 Å². The van der Waals surface area contributed by atoms with Crippen LogP contribution < -0.4 is 0 Å². The maximum Gasteiger partial charge on any atom is 0.392 e. The van der Waals surface area contributed by atoms with Gasteiger partial charge in [-0.1, -0.05) is 0 Å². The summed E-state index contributed by atoms with van der Waals surface area (Å²) in [6.45, 7) is 1.27. The van der Waals surface area contributed by atoms with Crippen LogP contribution in [0.2, 0.25) is 0 Å². The van der Waals surface area contributed by atoms with Crippen LogP contribution in [-0.4, -0.2) is 77.4 Å². The number of rotatable bonds is 10. The zero-order valence-electron chi connectivity index (χ0n) is 15.8. The molecule has 0 heterocycles. The molecule has 0 atom stereocenters. The van der Waals surface area contributed by atoms with Gasteiger partial charge in [0.25, 0.3) is 11.8 Å². The van der Waals surface area contributed by atoms with Gasteiger partial charge in [0, 0.05) is 26.2 Å². The van der Waals surface area contributed by atoms with E-state index in [-0.39, 0.29) is 9.80 Å². The molecule has 14 heteroatoms. The first kappa shape index (κ1) is 27.2. The Morgan fingerprint density at radius 3 is 0.897 bits per heavy atom. The van der Waals surface area contributed by atoms with E-state index in [2.05, 4.69) is 0 Å². The summed E-state index contributed by atoms with van der Waals surface area (Å²) in [7, 11) is 0. The van der Waals surface area contributed by atoms with Crippen molar-refractivity contribution < 1.29 is 53.5 Å². The summed E-state index contributed by atoms with van der Waals surface area (Å²) in [5.41, 5.74) is 0. The van der Waals surface area contributed by atoms with Crippen LogP contribution in [0, 0.1) is 0 Å². The Balaban J connectivity index is 6.41. The monoisotopic (exact) mass is 450 g/mol. The van der Waals surface area contributed by atoms with Gasteiger partial charge in [-0.3, -0.25) is 9.59 Å². The Bertz CT molecular complexity index is 552. The van der Waals surface area contributed by atoms with E-state index in [9.17, 15) is 53.5 Å². The summed E-state index contributed by atoms with van der Waals surface area (Å²) in [5.74, 6) is -40.8. The summed E-state index contributed by atoms with van der Waals surface area (Å²) in [6, 6.07) is 0. The van der Waals surface area contributed by atoms with Crippen molar-refractivity contribution in [1.29, 1.82) is 0 Å². The summed E-state index contributed by atoms with van der Waals surface area (Å²) >= 11 is 0. The van der Waals surface area contributed by atoms with Crippen molar-refractivity contribution in [3.05, 3.63) is 0 Å². The van der Waals surface area contributed by atoms with Gasteiger partial charge in [-0.25, -0.2) is 0 Å². The predicted octanol–water partition coefficient (Wildman–Crippen LogP) is 3.90. The van der Waals surface area contributed by atoms with Gasteiger partial charge in [0.2, 0.25) is 0 Å². The Morgan fingerprint density at radius 2 is 0.724 bits per heavy atom. The number of hydrogen-bond acceptors (Lipinski definition) is 2. The Morgan fingerprint density at radius 1 is 0.517 bits per heavy atom. The molecule has 0 unspecified atom stereocenters. The topological polar surface area (TPSA) is 40.6 Å². The van der Waals surface area contributed by atoms with Gasteiger partial charge < -0.3 is 9.80 Å². The molecular formula is C15H20F10N2O2. The molecule has 172 valence electrons. The normalized spacial score (nSPS) is 14.0. The van der Waals surface area contributed by atoms with Crippen LogP contribution in [0.5, 0.6) is 0 Å². The van der Waals surface area contributed by atoms with Gasteiger partial charge in [0.05, 0.1) is 0 Å². The molecule has 0 aromatic rings. The van der Waals surface area contributed by atoms with Gasteiger partial charge in [-0.2, -0.15) is 43.9 Å². The highest BCUT2D eigenvalue weighted by Gasteiger charge is 2.89. The van der Waals surface area contributed by atoms with E-state index in [4.69, 9.17) is 0 Å². The van der Waals surface area contributed by atoms with Crippen molar-refractivity contribution in [2.24, 2.45) is 0 Å². The lowest BCUT2D eigenvalue weighted by Gasteiger charge is -2.40. The molecule has 0 saturated heterocycles. The number of carbonyl (C=O) groups is 2. The molecule has 0 bridgehead atoms. The van der Waals surface area contributed by atoms with Crippen molar-refractivity contribution in [2.45, 2.75) is 57.3 Å². The maximum absolute atomic E-state index is 13.8. The van der Waals surface area contributed by atoms with E-state index in [1.54, 1.807) is 0 Å². The minimum Gasteiger partial charge on any atom is -0.338 e. The first-order valence-electron chi connectivity index (χ1n) is 8.34. The Hall–Kier alpha value is -1.76. The lowest BCUT2D eigenvalue weighted by atomic mass is 9.93. The van der Waals surface area contributed by atoms with Crippen molar-refractivity contribution in [1.82, 2.24) is 9.80 Å². The van der Waals surface area contributed by atoms with E-state index in [0.717, 1.165) is 27.7 Å². The van der Waals surface area contributed by atoms with Crippen LogP contribution in [-0.2, 0) is 9.59 Å². The average molecular weight is 450 g/mol. The lowest BCUT2D eigenvalue weighted by Crippen LogP contribution is -2.72. The van der Waals surface area contributed by atoms with Crippen molar-refractivity contribution >= 4 is 11.8 Å². The zero-order valence-corrected chi connectivity index (χ0v) is 15.8. The van der Waals surface area contributed by atoms with Crippen molar-refractivity contribution in [2.75, 3.05) is 26.2 Å². The van der Waals surface area contributed by atoms with Gasteiger partial charge in [-0.15, -0.1) is 0 Å². The minimum absolute atomic E-state index is 0.0681. The van der Waals surface area contributed by atoms with Crippen LogP contribution in [0.4, 0.5) is 43.9 Å². The first-order chi connectivity index (χ1) is 12.9. The smallest absolute Gasteiger partial charge is 0.338 e. The molecule has 4 nitrogen and oxygen atoms in total. The highest BCUT2D eigenvalue weighted by atomic mass is 19.4. The predicted molar refractivity (Wildman–Crippen MR) is 80.6 cm³/mol. The second-order valence-electron chi connectivity index (χ2n) is 5.83. The van der Waals surface area contributed by atoms with Crippen LogP contribution in [0.15, 0.2) is 0 Å². The highest BCUT2D eigenvalue weighted by molar-refractivity contribution is 5.86.